The Balaban J connectivity index is 2.31. The quantitative estimate of drug-likeness (QED) is 0.790. The first kappa shape index (κ1) is 15.9. The van der Waals surface area contributed by atoms with Crippen LogP contribution in [0.15, 0.2) is 40.9 Å². The molecule has 0 unspecified atom stereocenters. The molecule has 3 nitrogen and oxygen atoms in total. The summed E-state index contributed by atoms with van der Waals surface area (Å²) < 4.78 is 0.918. The van der Waals surface area contributed by atoms with E-state index in [1.807, 2.05) is 38.1 Å². The van der Waals surface area contributed by atoms with Crippen LogP contribution in [-0.2, 0) is 0 Å². The maximum absolute atomic E-state index is 12.5. The number of hydrogen-bond acceptors (Lipinski definition) is 2. The highest BCUT2D eigenvalue weighted by Crippen LogP contribution is 2.24. The van der Waals surface area contributed by atoms with Gasteiger partial charge in [-0.2, -0.15) is 0 Å². The van der Waals surface area contributed by atoms with E-state index >= 15 is 0 Å². The van der Waals surface area contributed by atoms with Gasteiger partial charge in [-0.3, -0.25) is 4.79 Å². The van der Waals surface area contributed by atoms with Crippen molar-refractivity contribution >= 4 is 44.8 Å². The predicted octanol–water partition coefficient (Wildman–Crippen LogP) is 5.10. The minimum absolute atomic E-state index is 0.186. The zero-order valence-electron chi connectivity index (χ0n) is 11.8. The van der Waals surface area contributed by atoms with Crippen LogP contribution in [0.2, 0.25) is 5.02 Å². The van der Waals surface area contributed by atoms with Gasteiger partial charge in [0.25, 0.3) is 5.91 Å². The Kier molecular flexibility index (Phi) is 5.26. The van der Waals surface area contributed by atoms with Gasteiger partial charge in [0.05, 0.1) is 5.56 Å². The number of hydrogen-bond donors (Lipinski definition) is 2. The molecule has 0 atom stereocenters. The van der Waals surface area contributed by atoms with Crippen LogP contribution in [-0.4, -0.2) is 12.5 Å². The van der Waals surface area contributed by atoms with Crippen molar-refractivity contribution in [3.8, 4) is 0 Å². The maximum Gasteiger partial charge on any atom is 0.257 e. The van der Waals surface area contributed by atoms with Gasteiger partial charge in [-0.05, 0) is 49.7 Å². The molecule has 0 aliphatic carbocycles. The Morgan fingerprint density at radius 1 is 1.19 bits per heavy atom. The first-order chi connectivity index (χ1) is 10.0. The average Bonchev–Trinajstić information content (AvgIpc) is 2.45. The number of anilines is 2. The van der Waals surface area contributed by atoms with E-state index in [0.717, 1.165) is 28.0 Å². The molecule has 1 amide bonds. The third-order valence-corrected chi connectivity index (χ3v) is 3.77. The third-order valence-electron chi connectivity index (χ3n) is 3.04. The lowest BCUT2D eigenvalue weighted by Crippen LogP contribution is -2.15. The van der Waals surface area contributed by atoms with Crippen LogP contribution in [0.4, 0.5) is 11.4 Å². The van der Waals surface area contributed by atoms with E-state index in [1.165, 1.54) is 0 Å². The van der Waals surface area contributed by atoms with Crippen LogP contribution in [0, 0.1) is 6.92 Å². The Hall–Kier alpha value is -1.52. The summed E-state index contributed by atoms with van der Waals surface area (Å²) in [5.41, 5.74) is 3.08. The van der Waals surface area contributed by atoms with Crippen molar-refractivity contribution in [2.24, 2.45) is 0 Å². The molecule has 0 bridgehead atoms. The molecule has 2 aromatic carbocycles. The lowest BCUT2D eigenvalue weighted by atomic mass is 10.1. The second kappa shape index (κ2) is 6.96. The van der Waals surface area contributed by atoms with Crippen LogP contribution < -0.4 is 10.6 Å². The number of amides is 1. The number of carbonyl (C=O) groups is 1. The standard InChI is InChI=1S/C16H16BrClN2O/c1-3-19-14-7-6-12(18)9-13(14)16(21)20-15-8-11(17)5-4-10(15)2/h4-9,19H,3H2,1-2H3,(H,20,21). The molecule has 0 aromatic heterocycles. The van der Waals surface area contributed by atoms with Gasteiger partial charge in [0, 0.05) is 27.4 Å². The van der Waals surface area contributed by atoms with Crippen molar-refractivity contribution < 1.29 is 4.79 Å². The summed E-state index contributed by atoms with van der Waals surface area (Å²) in [7, 11) is 0. The zero-order valence-corrected chi connectivity index (χ0v) is 14.2. The van der Waals surface area contributed by atoms with E-state index in [2.05, 4.69) is 26.6 Å². The maximum atomic E-state index is 12.5. The van der Waals surface area contributed by atoms with Crippen LogP contribution in [0.5, 0.6) is 0 Å². The van der Waals surface area contributed by atoms with E-state index in [9.17, 15) is 4.79 Å². The lowest BCUT2D eigenvalue weighted by molar-refractivity contribution is 0.102. The minimum atomic E-state index is -0.186. The fraction of sp³-hybridized carbons (Fsp3) is 0.188. The topological polar surface area (TPSA) is 41.1 Å². The van der Waals surface area contributed by atoms with E-state index < -0.39 is 0 Å². The first-order valence-electron chi connectivity index (χ1n) is 6.62. The van der Waals surface area contributed by atoms with Crippen molar-refractivity contribution in [2.75, 3.05) is 17.2 Å². The summed E-state index contributed by atoms with van der Waals surface area (Å²) in [6.07, 6.45) is 0. The van der Waals surface area contributed by atoms with Crippen molar-refractivity contribution in [1.29, 1.82) is 0 Å². The fourth-order valence-electron chi connectivity index (χ4n) is 1.97. The molecule has 110 valence electrons. The summed E-state index contributed by atoms with van der Waals surface area (Å²) in [5.74, 6) is -0.186. The lowest BCUT2D eigenvalue weighted by Gasteiger charge is -2.13. The van der Waals surface area contributed by atoms with Crippen LogP contribution in [0.3, 0.4) is 0 Å². The van der Waals surface area contributed by atoms with Crippen molar-refractivity contribution in [2.45, 2.75) is 13.8 Å². The Bertz CT molecular complexity index is 673. The second-order valence-corrected chi connectivity index (χ2v) is 5.99. The van der Waals surface area contributed by atoms with Gasteiger partial charge in [-0.25, -0.2) is 0 Å². The monoisotopic (exact) mass is 366 g/mol. The minimum Gasteiger partial charge on any atom is -0.385 e. The number of nitrogens with one attached hydrogen (secondary N) is 2. The van der Waals surface area contributed by atoms with Gasteiger partial charge < -0.3 is 10.6 Å². The average molecular weight is 368 g/mol. The molecule has 0 saturated carbocycles. The molecule has 5 heteroatoms. The highest BCUT2D eigenvalue weighted by molar-refractivity contribution is 9.10. The number of halogens is 2. The fourth-order valence-corrected chi connectivity index (χ4v) is 2.50. The van der Waals surface area contributed by atoms with Gasteiger partial charge in [-0.15, -0.1) is 0 Å². The molecular weight excluding hydrogens is 352 g/mol. The number of rotatable bonds is 4. The smallest absolute Gasteiger partial charge is 0.257 e. The van der Waals surface area contributed by atoms with E-state index in [0.29, 0.717) is 10.6 Å². The van der Waals surface area contributed by atoms with Crippen LogP contribution in [0.1, 0.15) is 22.8 Å². The van der Waals surface area contributed by atoms with Crippen molar-refractivity contribution in [3.05, 3.63) is 57.0 Å². The van der Waals surface area contributed by atoms with E-state index in [1.54, 1.807) is 12.1 Å². The molecule has 0 aliphatic rings. The Morgan fingerprint density at radius 2 is 1.95 bits per heavy atom. The summed E-state index contributed by atoms with van der Waals surface area (Å²) >= 11 is 9.41. The molecule has 2 aromatic rings. The number of aryl methyl sites for hydroxylation is 1. The van der Waals surface area contributed by atoms with Gasteiger partial charge in [-0.1, -0.05) is 33.6 Å². The third kappa shape index (κ3) is 3.99. The molecule has 0 saturated heterocycles. The normalized spacial score (nSPS) is 10.3. The van der Waals surface area contributed by atoms with E-state index in [4.69, 9.17) is 11.6 Å². The molecule has 21 heavy (non-hydrogen) atoms. The summed E-state index contributed by atoms with van der Waals surface area (Å²) in [6.45, 7) is 4.66. The van der Waals surface area contributed by atoms with Gasteiger partial charge in [0.15, 0.2) is 0 Å². The van der Waals surface area contributed by atoms with Gasteiger partial charge in [0.1, 0.15) is 0 Å². The first-order valence-corrected chi connectivity index (χ1v) is 7.79. The van der Waals surface area contributed by atoms with Crippen molar-refractivity contribution in [1.82, 2.24) is 0 Å². The van der Waals surface area contributed by atoms with Gasteiger partial charge in [0.2, 0.25) is 0 Å². The molecule has 0 heterocycles. The van der Waals surface area contributed by atoms with Crippen LogP contribution in [0.25, 0.3) is 0 Å². The molecule has 0 aliphatic heterocycles. The number of benzene rings is 2. The Labute approximate surface area is 137 Å². The number of carbonyl (C=O) groups excluding carboxylic acids is 1. The molecule has 2 N–H and O–H groups in total. The Morgan fingerprint density at radius 3 is 2.67 bits per heavy atom. The summed E-state index contributed by atoms with van der Waals surface area (Å²) in [4.78, 5) is 12.5. The van der Waals surface area contributed by atoms with Crippen LogP contribution >= 0.6 is 27.5 Å². The molecular formula is C16H16BrClN2O. The largest absolute Gasteiger partial charge is 0.385 e. The summed E-state index contributed by atoms with van der Waals surface area (Å²) in [5, 5.41) is 6.63. The molecule has 0 spiro atoms. The molecule has 0 fully saturated rings. The predicted molar refractivity (Wildman–Crippen MR) is 92.4 cm³/mol. The second-order valence-electron chi connectivity index (χ2n) is 4.63. The molecule has 0 radical (unpaired) electrons. The van der Waals surface area contributed by atoms with Crippen molar-refractivity contribution in [3.63, 3.8) is 0 Å². The highest BCUT2D eigenvalue weighted by atomic mass is 79.9. The SMILES string of the molecule is CCNc1ccc(Cl)cc1C(=O)Nc1cc(Br)ccc1C. The zero-order chi connectivity index (χ0) is 15.4. The molecule has 2 rings (SSSR count). The summed E-state index contributed by atoms with van der Waals surface area (Å²) in [6, 6.07) is 11.0. The van der Waals surface area contributed by atoms with Gasteiger partial charge >= 0.3 is 0 Å². The highest BCUT2D eigenvalue weighted by Gasteiger charge is 2.13. The van der Waals surface area contributed by atoms with E-state index in [-0.39, 0.29) is 5.91 Å².